The Balaban J connectivity index is 3.88. The molecule has 0 aromatic heterocycles. The third-order valence-corrected chi connectivity index (χ3v) is 2.56. The standard InChI is InChI=1S/C17H28O2/c1-4-7-10-11-12-13-14-17(18-15-8-5-2)19-16-9-6-3/h4,11-12,17H,1,5-6,8-9,13-16H2,2-3H3/b12-11+. The fourth-order valence-electron chi connectivity index (χ4n) is 1.41. The molecule has 0 N–H and O–H groups in total. The highest BCUT2D eigenvalue weighted by Gasteiger charge is 2.07. The van der Waals surface area contributed by atoms with E-state index in [4.69, 9.17) is 9.47 Å². The van der Waals surface area contributed by atoms with Crippen molar-refractivity contribution in [1.29, 1.82) is 0 Å². The lowest BCUT2D eigenvalue weighted by Crippen LogP contribution is -2.18. The summed E-state index contributed by atoms with van der Waals surface area (Å²) in [5.41, 5.74) is 0. The van der Waals surface area contributed by atoms with Gasteiger partial charge in [-0.2, -0.15) is 0 Å². The monoisotopic (exact) mass is 264 g/mol. The molecule has 0 fully saturated rings. The van der Waals surface area contributed by atoms with Crippen molar-refractivity contribution in [2.75, 3.05) is 13.2 Å². The molecule has 0 spiro atoms. The van der Waals surface area contributed by atoms with E-state index in [1.54, 1.807) is 6.08 Å². The van der Waals surface area contributed by atoms with Gasteiger partial charge in [0.25, 0.3) is 0 Å². The topological polar surface area (TPSA) is 18.5 Å². The van der Waals surface area contributed by atoms with Crippen molar-refractivity contribution >= 4 is 0 Å². The summed E-state index contributed by atoms with van der Waals surface area (Å²) in [6.07, 6.45) is 11.7. The second kappa shape index (κ2) is 15.0. The quantitative estimate of drug-likeness (QED) is 0.311. The Morgan fingerprint density at radius 3 is 2.21 bits per heavy atom. The SMILES string of the molecule is C=CC#C/C=C/CCC(OCCCC)OCCCC. The van der Waals surface area contributed by atoms with Crippen LogP contribution in [-0.2, 0) is 9.47 Å². The number of allylic oxidation sites excluding steroid dienone is 3. The molecule has 0 aromatic carbocycles. The third-order valence-electron chi connectivity index (χ3n) is 2.56. The summed E-state index contributed by atoms with van der Waals surface area (Å²) < 4.78 is 11.5. The minimum atomic E-state index is -0.0740. The number of unbranched alkanes of at least 4 members (excludes halogenated alkanes) is 2. The van der Waals surface area contributed by atoms with Crippen LogP contribution < -0.4 is 0 Å². The second-order valence-corrected chi connectivity index (χ2v) is 4.35. The van der Waals surface area contributed by atoms with E-state index in [0.717, 1.165) is 51.7 Å². The first kappa shape index (κ1) is 18.0. The molecule has 19 heavy (non-hydrogen) atoms. The Bertz CT molecular complexity index is 273. The molecule has 2 heteroatoms. The molecule has 0 heterocycles. The molecule has 0 aliphatic rings. The summed E-state index contributed by atoms with van der Waals surface area (Å²) in [4.78, 5) is 0. The third kappa shape index (κ3) is 13.2. The first-order valence-corrected chi connectivity index (χ1v) is 7.35. The van der Waals surface area contributed by atoms with E-state index in [2.05, 4.69) is 38.3 Å². The summed E-state index contributed by atoms with van der Waals surface area (Å²) in [5.74, 6) is 5.67. The number of ether oxygens (including phenoxy) is 2. The van der Waals surface area contributed by atoms with Crippen LogP contribution in [0.25, 0.3) is 0 Å². The lowest BCUT2D eigenvalue weighted by atomic mass is 10.2. The van der Waals surface area contributed by atoms with E-state index in [-0.39, 0.29) is 6.29 Å². The van der Waals surface area contributed by atoms with Crippen LogP contribution in [0.15, 0.2) is 24.8 Å². The molecular formula is C17H28O2. The molecule has 2 nitrogen and oxygen atoms in total. The van der Waals surface area contributed by atoms with Gasteiger partial charge in [-0.05, 0) is 31.4 Å². The highest BCUT2D eigenvalue weighted by atomic mass is 16.7. The smallest absolute Gasteiger partial charge is 0.157 e. The van der Waals surface area contributed by atoms with Crippen molar-refractivity contribution in [3.63, 3.8) is 0 Å². The van der Waals surface area contributed by atoms with Crippen molar-refractivity contribution < 1.29 is 9.47 Å². The Hall–Kier alpha value is -1.04. The molecule has 0 aromatic rings. The molecule has 0 aliphatic carbocycles. The van der Waals surface area contributed by atoms with Gasteiger partial charge in [0, 0.05) is 19.6 Å². The first-order valence-electron chi connectivity index (χ1n) is 7.35. The predicted octanol–water partition coefficient (Wildman–Crippen LogP) is 4.47. The summed E-state index contributed by atoms with van der Waals surface area (Å²) in [6, 6.07) is 0. The van der Waals surface area contributed by atoms with E-state index >= 15 is 0 Å². The van der Waals surface area contributed by atoms with E-state index in [1.165, 1.54) is 0 Å². The molecule has 0 atom stereocenters. The lowest BCUT2D eigenvalue weighted by Gasteiger charge is -2.17. The minimum absolute atomic E-state index is 0.0740. The van der Waals surface area contributed by atoms with Gasteiger partial charge in [-0.15, -0.1) is 0 Å². The van der Waals surface area contributed by atoms with Crippen LogP contribution in [0.4, 0.5) is 0 Å². The maximum absolute atomic E-state index is 5.75. The lowest BCUT2D eigenvalue weighted by molar-refractivity contribution is -0.146. The predicted molar refractivity (Wildman–Crippen MR) is 81.9 cm³/mol. The van der Waals surface area contributed by atoms with E-state index in [1.807, 2.05) is 6.08 Å². The number of hydrogen-bond donors (Lipinski definition) is 0. The van der Waals surface area contributed by atoms with Gasteiger partial charge in [-0.25, -0.2) is 0 Å². The molecular weight excluding hydrogens is 236 g/mol. The Labute approximate surface area is 118 Å². The van der Waals surface area contributed by atoms with Crippen LogP contribution in [-0.4, -0.2) is 19.5 Å². The normalized spacial score (nSPS) is 10.7. The molecule has 0 rings (SSSR count). The largest absolute Gasteiger partial charge is 0.353 e. The maximum Gasteiger partial charge on any atom is 0.157 e. The van der Waals surface area contributed by atoms with Crippen molar-refractivity contribution in [2.45, 2.75) is 58.7 Å². The molecule has 0 unspecified atom stereocenters. The highest BCUT2D eigenvalue weighted by Crippen LogP contribution is 2.07. The molecule has 0 amide bonds. The average Bonchev–Trinajstić information content (AvgIpc) is 2.42. The van der Waals surface area contributed by atoms with E-state index in [0.29, 0.717) is 0 Å². The van der Waals surface area contributed by atoms with Gasteiger partial charge in [0.05, 0.1) is 0 Å². The number of rotatable bonds is 11. The van der Waals surface area contributed by atoms with Crippen molar-refractivity contribution in [3.05, 3.63) is 24.8 Å². The Morgan fingerprint density at radius 2 is 1.68 bits per heavy atom. The molecule has 0 bridgehead atoms. The molecule has 0 aliphatic heterocycles. The summed E-state index contributed by atoms with van der Waals surface area (Å²) in [6.45, 7) is 9.44. The van der Waals surface area contributed by atoms with Crippen LogP contribution in [0, 0.1) is 11.8 Å². The molecule has 108 valence electrons. The maximum atomic E-state index is 5.75. The minimum Gasteiger partial charge on any atom is -0.353 e. The fourth-order valence-corrected chi connectivity index (χ4v) is 1.41. The van der Waals surface area contributed by atoms with Crippen molar-refractivity contribution in [3.8, 4) is 11.8 Å². The van der Waals surface area contributed by atoms with Gasteiger partial charge in [-0.1, -0.05) is 51.2 Å². The van der Waals surface area contributed by atoms with Crippen molar-refractivity contribution in [2.24, 2.45) is 0 Å². The Kier molecular flexibility index (Phi) is 14.2. The number of hydrogen-bond acceptors (Lipinski definition) is 2. The zero-order valence-corrected chi connectivity index (χ0v) is 12.5. The summed E-state index contributed by atoms with van der Waals surface area (Å²) >= 11 is 0. The van der Waals surface area contributed by atoms with E-state index in [9.17, 15) is 0 Å². The molecule has 0 saturated carbocycles. The zero-order valence-electron chi connectivity index (χ0n) is 12.5. The average molecular weight is 264 g/mol. The van der Waals surface area contributed by atoms with Gasteiger partial charge in [0.1, 0.15) is 0 Å². The van der Waals surface area contributed by atoms with Crippen molar-refractivity contribution in [1.82, 2.24) is 0 Å². The molecule has 0 radical (unpaired) electrons. The van der Waals surface area contributed by atoms with Crippen LogP contribution in [0.2, 0.25) is 0 Å². The highest BCUT2D eigenvalue weighted by molar-refractivity contribution is 5.21. The zero-order chi connectivity index (χ0) is 14.2. The van der Waals surface area contributed by atoms with Gasteiger partial charge in [0.2, 0.25) is 0 Å². The summed E-state index contributed by atoms with van der Waals surface area (Å²) in [7, 11) is 0. The van der Waals surface area contributed by atoms with Gasteiger partial charge < -0.3 is 9.47 Å². The molecule has 0 saturated heterocycles. The van der Waals surface area contributed by atoms with Gasteiger partial charge in [0.15, 0.2) is 6.29 Å². The second-order valence-electron chi connectivity index (χ2n) is 4.35. The van der Waals surface area contributed by atoms with Gasteiger partial charge >= 0.3 is 0 Å². The van der Waals surface area contributed by atoms with E-state index < -0.39 is 0 Å². The van der Waals surface area contributed by atoms with Crippen LogP contribution in [0.3, 0.4) is 0 Å². The fraction of sp³-hybridized carbons (Fsp3) is 0.647. The van der Waals surface area contributed by atoms with Gasteiger partial charge in [-0.3, -0.25) is 0 Å². The van der Waals surface area contributed by atoms with Crippen LogP contribution >= 0.6 is 0 Å². The Morgan fingerprint density at radius 1 is 1.05 bits per heavy atom. The summed E-state index contributed by atoms with van der Waals surface area (Å²) in [5, 5.41) is 0. The first-order chi connectivity index (χ1) is 9.35. The van der Waals surface area contributed by atoms with Crippen LogP contribution in [0.1, 0.15) is 52.4 Å². The van der Waals surface area contributed by atoms with Crippen LogP contribution in [0.5, 0.6) is 0 Å².